The molecule has 58 heavy (non-hydrogen) atoms. The maximum Gasteiger partial charge on any atom is 0.343 e. The minimum atomic E-state index is -1.49. The average molecular weight is 795 g/mol. The van der Waals surface area contributed by atoms with Crippen molar-refractivity contribution in [3.63, 3.8) is 0 Å². The SMILES string of the molecule is O=C(CCCCCCCCCCC(=O)OC[C@@]1(CO)OC(=O)c2c(OCc3ccccc3)cccc21)OC[C@@]1(CO)OC(=O)c2c(OCc3ccccc3)cccc21. The van der Waals surface area contributed by atoms with E-state index in [0.29, 0.717) is 35.5 Å². The topological polar surface area (TPSA) is 164 Å². The molecular weight excluding hydrogens is 744 g/mol. The second-order valence-electron chi connectivity index (χ2n) is 14.6. The molecule has 12 heteroatoms. The number of carbonyl (C=O) groups is 4. The van der Waals surface area contributed by atoms with Crippen LogP contribution in [0.4, 0.5) is 0 Å². The smallest absolute Gasteiger partial charge is 0.343 e. The van der Waals surface area contributed by atoms with Crippen LogP contribution < -0.4 is 9.47 Å². The van der Waals surface area contributed by atoms with Gasteiger partial charge in [0.05, 0.1) is 13.2 Å². The summed E-state index contributed by atoms with van der Waals surface area (Å²) < 4.78 is 34.0. The molecular formula is C46H50O12. The maximum absolute atomic E-state index is 12.9. The first kappa shape index (κ1) is 41.9. The van der Waals surface area contributed by atoms with Crippen LogP contribution in [-0.4, -0.2) is 60.5 Å². The zero-order valence-electron chi connectivity index (χ0n) is 32.5. The predicted octanol–water partition coefficient (Wildman–Crippen LogP) is 7.25. The summed E-state index contributed by atoms with van der Waals surface area (Å²) in [6, 6.07) is 29.2. The molecule has 0 fully saturated rings. The van der Waals surface area contributed by atoms with Crippen LogP contribution in [0.15, 0.2) is 97.1 Å². The van der Waals surface area contributed by atoms with Crippen molar-refractivity contribution in [2.24, 2.45) is 0 Å². The highest BCUT2D eigenvalue weighted by molar-refractivity contribution is 5.98. The van der Waals surface area contributed by atoms with Crippen molar-refractivity contribution in [3.05, 3.63) is 130 Å². The Morgan fingerprint density at radius 1 is 0.500 bits per heavy atom. The van der Waals surface area contributed by atoms with Gasteiger partial charge < -0.3 is 38.6 Å². The van der Waals surface area contributed by atoms with Crippen LogP contribution in [0.25, 0.3) is 0 Å². The highest BCUT2D eigenvalue weighted by atomic mass is 16.6. The minimum absolute atomic E-state index is 0.205. The second kappa shape index (κ2) is 20.1. The van der Waals surface area contributed by atoms with Gasteiger partial charge in [0, 0.05) is 24.0 Å². The molecule has 2 N–H and O–H groups in total. The van der Waals surface area contributed by atoms with Crippen molar-refractivity contribution in [1.29, 1.82) is 0 Å². The Labute approximate surface area is 338 Å². The maximum atomic E-state index is 12.9. The molecule has 0 aliphatic carbocycles. The lowest BCUT2D eigenvalue weighted by Gasteiger charge is -2.26. The molecule has 0 spiro atoms. The first-order valence-corrected chi connectivity index (χ1v) is 19.9. The summed E-state index contributed by atoms with van der Waals surface area (Å²) in [5, 5.41) is 20.6. The van der Waals surface area contributed by atoms with E-state index in [9.17, 15) is 29.4 Å². The first-order valence-electron chi connectivity index (χ1n) is 19.9. The largest absolute Gasteiger partial charge is 0.488 e. The number of aliphatic hydroxyl groups excluding tert-OH is 2. The molecule has 2 aliphatic heterocycles. The van der Waals surface area contributed by atoms with E-state index in [1.807, 2.05) is 60.7 Å². The lowest BCUT2D eigenvalue weighted by atomic mass is 9.93. The van der Waals surface area contributed by atoms with Crippen molar-refractivity contribution in [2.45, 2.75) is 88.6 Å². The molecule has 2 aliphatic rings. The normalized spacial score (nSPS) is 17.8. The number of cyclic esters (lactones) is 2. The Kier molecular flexibility index (Phi) is 14.5. The fourth-order valence-electron chi connectivity index (χ4n) is 7.20. The summed E-state index contributed by atoms with van der Waals surface area (Å²) in [5.41, 5.74) is 0.171. The van der Waals surface area contributed by atoms with Crippen molar-refractivity contribution in [2.75, 3.05) is 26.4 Å². The van der Waals surface area contributed by atoms with E-state index in [1.54, 1.807) is 36.4 Å². The summed E-state index contributed by atoms with van der Waals surface area (Å²) in [4.78, 5) is 51.0. The summed E-state index contributed by atoms with van der Waals surface area (Å²) in [6.45, 7) is -1.19. The van der Waals surface area contributed by atoms with Crippen LogP contribution >= 0.6 is 0 Å². The highest BCUT2D eigenvalue weighted by Crippen LogP contribution is 2.42. The average Bonchev–Trinajstić information content (AvgIpc) is 3.72. The van der Waals surface area contributed by atoms with Crippen molar-refractivity contribution < 1.29 is 57.8 Å². The van der Waals surface area contributed by atoms with Gasteiger partial charge in [0.2, 0.25) is 0 Å². The Balaban J connectivity index is 0.834. The molecule has 6 rings (SSSR count). The van der Waals surface area contributed by atoms with Crippen molar-refractivity contribution in [3.8, 4) is 11.5 Å². The van der Waals surface area contributed by atoms with Crippen LogP contribution in [0.1, 0.15) is 107 Å². The minimum Gasteiger partial charge on any atom is -0.488 e. The molecule has 4 aromatic carbocycles. The fraction of sp³-hybridized carbons (Fsp3) is 0.391. The lowest BCUT2D eigenvalue weighted by molar-refractivity contribution is -0.155. The Morgan fingerprint density at radius 2 is 0.879 bits per heavy atom. The number of carbonyl (C=O) groups excluding carboxylic acids is 4. The quantitative estimate of drug-likeness (QED) is 0.0440. The number of unbranched alkanes of at least 4 members (excludes halogenated alkanes) is 7. The number of ether oxygens (including phenoxy) is 6. The molecule has 0 aromatic heterocycles. The zero-order valence-corrected chi connectivity index (χ0v) is 32.5. The molecule has 2 heterocycles. The number of benzene rings is 4. The van der Waals surface area contributed by atoms with Gasteiger partial charge in [-0.15, -0.1) is 0 Å². The molecule has 0 radical (unpaired) electrons. The molecule has 0 bridgehead atoms. The van der Waals surface area contributed by atoms with Crippen LogP contribution in [0.3, 0.4) is 0 Å². The Morgan fingerprint density at radius 3 is 1.26 bits per heavy atom. The molecule has 4 aromatic rings. The molecule has 0 saturated carbocycles. The zero-order chi connectivity index (χ0) is 40.8. The number of hydrogen-bond donors (Lipinski definition) is 2. The van der Waals surface area contributed by atoms with Gasteiger partial charge in [0.25, 0.3) is 0 Å². The monoisotopic (exact) mass is 794 g/mol. The van der Waals surface area contributed by atoms with Crippen LogP contribution in [0.2, 0.25) is 0 Å². The fourth-order valence-corrected chi connectivity index (χ4v) is 7.20. The first-order chi connectivity index (χ1) is 28.3. The summed E-state index contributed by atoms with van der Waals surface area (Å²) in [6.07, 6.45) is 7.21. The molecule has 0 amide bonds. The van der Waals surface area contributed by atoms with Gasteiger partial charge in [-0.1, -0.05) is 123 Å². The van der Waals surface area contributed by atoms with E-state index in [0.717, 1.165) is 49.7 Å². The summed E-state index contributed by atoms with van der Waals surface area (Å²) in [5.74, 6) is -1.47. The molecule has 12 nitrogen and oxygen atoms in total. The Hall–Kier alpha value is -5.72. The number of fused-ring (bicyclic) bond motifs is 2. The summed E-state index contributed by atoms with van der Waals surface area (Å²) >= 11 is 0. The van der Waals surface area contributed by atoms with Gasteiger partial charge in [-0.05, 0) is 36.1 Å². The lowest BCUT2D eigenvalue weighted by Crippen LogP contribution is -2.37. The molecule has 0 saturated heterocycles. The predicted molar refractivity (Wildman–Crippen MR) is 211 cm³/mol. The van der Waals surface area contributed by atoms with E-state index >= 15 is 0 Å². The highest BCUT2D eigenvalue weighted by Gasteiger charge is 2.49. The molecule has 0 unspecified atom stereocenters. The van der Waals surface area contributed by atoms with Crippen LogP contribution in [-0.2, 0) is 53.0 Å². The third-order valence-electron chi connectivity index (χ3n) is 10.4. The second-order valence-corrected chi connectivity index (χ2v) is 14.6. The standard InChI is InChI=1S/C46H50O12/c47-29-45(35-21-15-23-37(41(35)43(51)57-45)53-27-33-17-9-7-10-18-33)31-55-39(49)25-13-5-3-1-2-4-6-14-26-40(50)56-32-46(30-48)36-22-16-24-38(42(36)44(52)58-46)54-28-34-19-11-8-12-20-34/h7-12,15-24,47-48H,1-6,13-14,25-32H2/t45-,46-/m1/s1. The summed E-state index contributed by atoms with van der Waals surface area (Å²) in [7, 11) is 0. The van der Waals surface area contributed by atoms with Gasteiger partial charge in [0.15, 0.2) is 11.2 Å². The third kappa shape index (κ3) is 10.2. The van der Waals surface area contributed by atoms with Gasteiger partial charge in [-0.25, -0.2) is 9.59 Å². The van der Waals surface area contributed by atoms with Gasteiger partial charge >= 0.3 is 23.9 Å². The van der Waals surface area contributed by atoms with Crippen molar-refractivity contribution >= 4 is 23.9 Å². The van der Waals surface area contributed by atoms with Crippen molar-refractivity contribution in [1.82, 2.24) is 0 Å². The number of hydrogen-bond acceptors (Lipinski definition) is 12. The van der Waals surface area contributed by atoms with Gasteiger partial charge in [-0.2, -0.15) is 0 Å². The molecule has 306 valence electrons. The van der Waals surface area contributed by atoms with Crippen LogP contribution in [0.5, 0.6) is 11.5 Å². The van der Waals surface area contributed by atoms with Gasteiger partial charge in [-0.3, -0.25) is 9.59 Å². The van der Waals surface area contributed by atoms with E-state index in [-0.39, 0.29) is 50.4 Å². The van der Waals surface area contributed by atoms with E-state index in [4.69, 9.17) is 28.4 Å². The van der Waals surface area contributed by atoms with E-state index < -0.39 is 48.3 Å². The molecule has 2 atom stereocenters. The third-order valence-corrected chi connectivity index (χ3v) is 10.4. The van der Waals surface area contributed by atoms with Crippen LogP contribution in [0, 0.1) is 0 Å². The van der Waals surface area contributed by atoms with E-state index in [1.165, 1.54) is 0 Å². The van der Waals surface area contributed by atoms with Gasteiger partial charge in [0.1, 0.15) is 49.1 Å². The Bertz CT molecular complexity index is 1870. The number of esters is 4. The van der Waals surface area contributed by atoms with E-state index in [2.05, 4.69) is 0 Å². The number of rotatable bonds is 23. The number of aliphatic hydroxyl groups is 2.